The van der Waals surface area contributed by atoms with Crippen molar-refractivity contribution in [2.24, 2.45) is 10.8 Å². The summed E-state index contributed by atoms with van der Waals surface area (Å²) in [7, 11) is 0. The first-order valence-electron chi connectivity index (χ1n) is 14.4. The summed E-state index contributed by atoms with van der Waals surface area (Å²) >= 11 is 0. The maximum Gasteiger partial charge on any atom is 0.351 e. The topological polar surface area (TPSA) is 110 Å². The van der Waals surface area contributed by atoms with E-state index in [4.69, 9.17) is 28.4 Å². The van der Waals surface area contributed by atoms with Gasteiger partial charge in [0.05, 0.1) is 5.41 Å². The van der Waals surface area contributed by atoms with Crippen molar-refractivity contribution in [2.75, 3.05) is 0 Å². The number of hydrogen-bond acceptors (Lipinski definition) is 9. The van der Waals surface area contributed by atoms with E-state index in [-0.39, 0.29) is 5.97 Å². The SMILES string of the molecule is CC1(C)[C@@]2(C)CC[C@]1(C(=O)OC1[C@H]3OC4(CCCCC4)O[C@@H]3C(O)[C@H]3OC4(CCCCC4)O[C@@H]13)OC2=O. The zero-order valence-corrected chi connectivity index (χ0v) is 22.2. The second-order valence-electron chi connectivity index (χ2n) is 13.3. The number of ether oxygens (including phenoxy) is 6. The van der Waals surface area contributed by atoms with Gasteiger partial charge >= 0.3 is 11.9 Å². The third-order valence-corrected chi connectivity index (χ3v) is 11.3. The molecule has 7 rings (SSSR count). The average molecular weight is 521 g/mol. The lowest BCUT2D eigenvalue weighted by Crippen LogP contribution is -2.64. The van der Waals surface area contributed by atoms with Gasteiger partial charge in [0.1, 0.15) is 30.5 Å². The Morgan fingerprint density at radius 3 is 1.68 bits per heavy atom. The van der Waals surface area contributed by atoms with Crippen molar-refractivity contribution in [2.45, 2.75) is 152 Å². The number of aliphatic hydroxyl groups is 1. The van der Waals surface area contributed by atoms with E-state index in [1.54, 1.807) is 0 Å². The van der Waals surface area contributed by atoms with Gasteiger partial charge in [-0.3, -0.25) is 4.79 Å². The van der Waals surface area contributed by atoms with Crippen LogP contribution in [0, 0.1) is 10.8 Å². The first-order chi connectivity index (χ1) is 17.6. The fourth-order valence-electron chi connectivity index (χ4n) is 8.43. The fourth-order valence-corrected chi connectivity index (χ4v) is 8.43. The molecule has 0 aromatic rings. The van der Waals surface area contributed by atoms with Crippen LogP contribution >= 0.6 is 0 Å². The summed E-state index contributed by atoms with van der Waals surface area (Å²) in [6.07, 6.45) is 5.54. The second kappa shape index (κ2) is 7.90. The maximum absolute atomic E-state index is 14.0. The molecule has 0 amide bonds. The Morgan fingerprint density at radius 2 is 1.24 bits per heavy atom. The standard InChI is InChI=1S/C28H40O9/c1-24(2)25(3)14-15-28(24,37-22(25)30)23(31)32-19-20-17(33-26(35-20)10-6-4-7-11-26)16(29)18-21(19)36-27(34-18)12-8-5-9-13-27/h16-21,29H,4-15H2,1-3H3/t16?,17-,18-,19?,20-,21+,25+,28-/m1/s1. The van der Waals surface area contributed by atoms with Crippen LogP contribution in [0.15, 0.2) is 0 Å². The normalized spacial score (nSPS) is 48.6. The smallest absolute Gasteiger partial charge is 0.351 e. The summed E-state index contributed by atoms with van der Waals surface area (Å²) < 4.78 is 38.3. The molecule has 9 heteroatoms. The highest BCUT2D eigenvalue weighted by molar-refractivity contribution is 5.93. The van der Waals surface area contributed by atoms with Crippen LogP contribution in [-0.4, -0.2) is 70.8 Å². The summed E-state index contributed by atoms with van der Waals surface area (Å²) in [5.41, 5.74) is -2.82. The van der Waals surface area contributed by atoms with Crippen LogP contribution in [0.25, 0.3) is 0 Å². The van der Waals surface area contributed by atoms with Crippen LogP contribution in [0.2, 0.25) is 0 Å². The molecule has 4 saturated carbocycles. The molecule has 1 N–H and O–H groups in total. The molecular formula is C28H40O9. The van der Waals surface area contributed by atoms with Crippen molar-refractivity contribution < 1.29 is 43.1 Å². The lowest BCUT2D eigenvalue weighted by molar-refractivity contribution is -0.230. The lowest BCUT2D eigenvalue weighted by Gasteiger charge is -2.42. The van der Waals surface area contributed by atoms with Crippen LogP contribution < -0.4 is 0 Å². The number of carbonyl (C=O) groups is 2. The quantitative estimate of drug-likeness (QED) is 0.549. The predicted molar refractivity (Wildman–Crippen MR) is 127 cm³/mol. The molecule has 3 heterocycles. The number of fused-ring (bicyclic) bond motifs is 4. The van der Waals surface area contributed by atoms with E-state index < -0.39 is 70.6 Å². The highest BCUT2D eigenvalue weighted by atomic mass is 16.8. The number of esters is 2. The molecule has 206 valence electrons. The molecule has 3 saturated heterocycles. The van der Waals surface area contributed by atoms with Crippen LogP contribution in [0.3, 0.4) is 0 Å². The van der Waals surface area contributed by atoms with Gasteiger partial charge in [-0.2, -0.15) is 0 Å². The molecule has 7 fully saturated rings. The van der Waals surface area contributed by atoms with Crippen molar-refractivity contribution >= 4 is 11.9 Å². The van der Waals surface area contributed by atoms with Gasteiger partial charge in [0.25, 0.3) is 0 Å². The third kappa shape index (κ3) is 3.15. The minimum Gasteiger partial charge on any atom is -0.454 e. The van der Waals surface area contributed by atoms with Crippen LogP contribution in [0.1, 0.15) is 97.8 Å². The molecule has 8 atom stereocenters. The van der Waals surface area contributed by atoms with E-state index in [1.807, 2.05) is 20.8 Å². The summed E-state index contributed by atoms with van der Waals surface area (Å²) in [6.45, 7) is 5.71. The molecule has 3 aliphatic heterocycles. The molecule has 2 unspecified atom stereocenters. The highest BCUT2D eigenvalue weighted by Gasteiger charge is 2.77. The molecule has 0 radical (unpaired) electrons. The van der Waals surface area contributed by atoms with Crippen LogP contribution in [0.5, 0.6) is 0 Å². The van der Waals surface area contributed by atoms with Crippen molar-refractivity contribution in [3.63, 3.8) is 0 Å². The Labute approximate surface area is 217 Å². The Hall–Kier alpha value is -1.26. The maximum atomic E-state index is 14.0. The van der Waals surface area contributed by atoms with E-state index in [0.717, 1.165) is 64.2 Å². The van der Waals surface area contributed by atoms with Crippen molar-refractivity contribution in [1.29, 1.82) is 0 Å². The number of carbonyl (C=O) groups excluding carboxylic acids is 2. The first kappa shape index (κ1) is 24.8. The Kier molecular flexibility index (Phi) is 5.29. The van der Waals surface area contributed by atoms with Crippen LogP contribution in [0.4, 0.5) is 0 Å². The van der Waals surface area contributed by atoms with E-state index in [0.29, 0.717) is 12.8 Å². The second-order valence-corrected chi connectivity index (χ2v) is 13.3. The van der Waals surface area contributed by atoms with E-state index >= 15 is 0 Å². The summed E-state index contributed by atoms with van der Waals surface area (Å²) in [5.74, 6) is -2.49. The van der Waals surface area contributed by atoms with E-state index in [1.165, 1.54) is 0 Å². The lowest BCUT2D eigenvalue weighted by atomic mass is 9.66. The molecule has 2 bridgehead atoms. The number of hydrogen-bond donors (Lipinski definition) is 1. The zero-order valence-electron chi connectivity index (χ0n) is 22.2. The number of rotatable bonds is 2. The van der Waals surface area contributed by atoms with Crippen molar-refractivity contribution in [3.8, 4) is 0 Å². The Morgan fingerprint density at radius 1 is 0.757 bits per heavy atom. The summed E-state index contributed by atoms with van der Waals surface area (Å²) in [6, 6.07) is 0. The molecular weight excluding hydrogens is 480 g/mol. The van der Waals surface area contributed by atoms with Gasteiger partial charge in [-0.15, -0.1) is 0 Å². The molecule has 0 aromatic carbocycles. The van der Waals surface area contributed by atoms with Gasteiger partial charge in [0.15, 0.2) is 17.7 Å². The van der Waals surface area contributed by atoms with Crippen LogP contribution in [-0.2, 0) is 38.0 Å². The number of aliphatic hydroxyl groups excluding tert-OH is 1. The summed E-state index contributed by atoms with van der Waals surface area (Å²) in [5, 5.41) is 11.5. The monoisotopic (exact) mass is 520 g/mol. The van der Waals surface area contributed by atoms with E-state index in [2.05, 4.69) is 0 Å². The minimum absolute atomic E-state index is 0.348. The van der Waals surface area contributed by atoms with Gasteiger partial charge in [-0.1, -0.05) is 26.7 Å². The summed E-state index contributed by atoms with van der Waals surface area (Å²) in [4.78, 5) is 26.9. The molecule has 37 heavy (non-hydrogen) atoms. The van der Waals surface area contributed by atoms with E-state index in [9.17, 15) is 14.7 Å². The van der Waals surface area contributed by atoms with Gasteiger partial charge < -0.3 is 33.5 Å². The molecule has 2 spiro atoms. The molecule has 0 aromatic heterocycles. The van der Waals surface area contributed by atoms with Crippen molar-refractivity contribution in [3.05, 3.63) is 0 Å². The Balaban J connectivity index is 1.22. The molecule has 4 aliphatic carbocycles. The average Bonchev–Trinajstić information content (AvgIpc) is 3.52. The highest BCUT2D eigenvalue weighted by Crippen LogP contribution is 2.66. The third-order valence-electron chi connectivity index (χ3n) is 11.3. The Bertz CT molecular complexity index is 940. The molecule has 7 aliphatic rings. The van der Waals surface area contributed by atoms with Crippen molar-refractivity contribution in [1.82, 2.24) is 0 Å². The van der Waals surface area contributed by atoms with Gasteiger partial charge in [-0.25, -0.2) is 4.79 Å². The fraction of sp³-hybridized carbons (Fsp3) is 0.929. The molecule has 9 nitrogen and oxygen atoms in total. The largest absolute Gasteiger partial charge is 0.454 e. The predicted octanol–water partition coefficient (Wildman–Crippen LogP) is 3.28. The zero-order chi connectivity index (χ0) is 25.8. The van der Waals surface area contributed by atoms with Gasteiger partial charge in [0, 0.05) is 31.1 Å². The minimum atomic E-state index is -1.36. The first-order valence-corrected chi connectivity index (χ1v) is 14.4. The van der Waals surface area contributed by atoms with Gasteiger partial charge in [-0.05, 0) is 45.4 Å². The van der Waals surface area contributed by atoms with Gasteiger partial charge in [0.2, 0.25) is 5.60 Å².